The predicted octanol–water partition coefficient (Wildman–Crippen LogP) is 3.40. The maximum atomic E-state index is 13.4. The van der Waals surface area contributed by atoms with Crippen LogP contribution in [0.5, 0.6) is 11.5 Å². The van der Waals surface area contributed by atoms with Crippen LogP contribution in [0.15, 0.2) is 24.3 Å². The molecule has 0 radical (unpaired) electrons. The zero-order valence-electron chi connectivity index (χ0n) is 15.6. The molecule has 1 atom stereocenters. The van der Waals surface area contributed by atoms with Crippen molar-refractivity contribution < 1.29 is 28.2 Å². The average molecular weight is 393 g/mol. The summed E-state index contributed by atoms with van der Waals surface area (Å²) in [6.07, 6.45) is -1.60. The molecule has 1 fully saturated rings. The molecule has 0 bridgehead atoms. The van der Waals surface area contributed by atoms with Crippen LogP contribution in [-0.2, 0) is 4.79 Å². The van der Waals surface area contributed by atoms with Crippen molar-refractivity contribution in [1.29, 1.82) is 0 Å². The Kier molecular flexibility index (Phi) is 5.91. The van der Waals surface area contributed by atoms with Gasteiger partial charge in [-0.2, -0.15) is 0 Å². The number of anilines is 1. The molecule has 3 rings (SSSR count). The number of carboxylic acid groups (broad SMARTS) is 1. The second-order valence-corrected chi connectivity index (χ2v) is 6.47. The van der Waals surface area contributed by atoms with Crippen LogP contribution in [0.1, 0.15) is 25.0 Å². The number of alkyl halides is 2. The Labute approximate surface area is 160 Å². The van der Waals surface area contributed by atoms with E-state index in [4.69, 9.17) is 9.47 Å². The quantitative estimate of drug-likeness (QED) is 0.805. The number of hydrogen-bond acceptors (Lipinski definition) is 6. The summed E-state index contributed by atoms with van der Waals surface area (Å²) in [6, 6.07) is 6.24. The van der Waals surface area contributed by atoms with E-state index in [0.717, 1.165) is 0 Å². The lowest BCUT2D eigenvalue weighted by molar-refractivity contribution is -0.141. The van der Waals surface area contributed by atoms with Gasteiger partial charge in [-0.05, 0) is 37.1 Å². The van der Waals surface area contributed by atoms with E-state index in [1.54, 1.807) is 23.1 Å². The fraction of sp³-hybridized carbons (Fsp3) is 0.421. The third kappa shape index (κ3) is 4.13. The number of halogens is 2. The largest absolute Gasteiger partial charge is 0.493 e. The Morgan fingerprint density at radius 3 is 2.61 bits per heavy atom. The first-order valence-electron chi connectivity index (χ1n) is 8.80. The molecule has 1 aliphatic heterocycles. The first-order chi connectivity index (χ1) is 13.4. The van der Waals surface area contributed by atoms with Crippen LogP contribution in [0.25, 0.3) is 11.3 Å². The topological polar surface area (TPSA) is 84.8 Å². The van der Waals surface area contributed by atoms with Crippen LogP contribution in [0, 0.1) is 5.92 Å². The summed E-state index contributed by atoms with van der Waals surface area (Å²) < 4.78 is 37.3. The Balaban J connectivity index is 2.02. The van der Waals surface area contributed by atoms with E-state index in [0.29, 0.717) is 42.1 Å². The first kappa shape index (κ1) is 19.8. The van der Waals surface area contributed by atoms with Crippen molar-refractivity contribution in [3.8, 4) is 22.8 Å². The molecule has 1 aromatic heterocycles. The average Bonchev–Trinajstić information content (AvgIpc) is 2.72. The Morgan fingerprint density at radius 1 is 1.21 bits per heavy atom. The highest BCUT2D eigenvalue weighted by atomic mass is 19.3. The van der Waals surface area contributed by atoms with Crippen LogP contribution >= 0.6 is 0 Å². The highest BCUT2D eigenvalue weighted by molar-refractivity contribution is 5.71. The molecule has 0 amide bonds. The lowest BCUT2D eigenvalue weighted by Crippen LogP contribution is -2.39. The van der Waals surface area contributed by atoms with E-state index in [9.17, 15) is 18.7 Å². The number of hydrogen-bond donors (Lipinski definition) is 1. The number of benzene rings is 1. The van der Waals surface area contributed by atoms with Gasteiger partial charge in [-0.25, -0.2) is 18.7 Å². The van der Waals surface area contributed by atoms with Crippen molar-refractivity contribution in [3.05, 3.63) is 30.0 Å². The van der Waals surface area contributed by atoms with E-state index in [1.165, 1.54) is 20.3 Å². The second kappa shape index (κ2) is 8.37. The molecule has 1 unspecified atom stereocenters. The van der Waals surface area contributed by atoms with Gasteiger partial charge in [-0.1, -0.05) is 0 Å². The summed E-state index contributed by atoms with van der Waals surface area (Å²) in [5.41, 5.74) is 0.459. The SMILES string of the molecule is COc1ccc(-c2cc(C(F)F)nc(N3CCCC(C(=O)O)C3)n2)cc1OC. The highest BCUT2D eigenvalue weighted by Gasteiger charge is 2.28. The third-order valence-corrected chi connectivity index (χ3v) is 4.69. The molecule has 1 aliphatic rings. The Bertz CT molecular complexity index is 863. The molecule has 1 N–H and O–H groups in total. The molecule has 28 heavy (non-hydrogen) atoms. The van der Waals surface area contributed by atoms with Gasteiger partial charge in [-0.3, -0.25) is 4.79 Å². The van der Waals surface area contributed by atoms with Crippen molar-refractivity contribution in [2.75, 3.05) is 32.2 Å². The van der Waals surface area contributed by atoms with Crippen molar-refractivity contribution in [2.24, 2.45) is 5.92 Å². The Hall–Kier alpha value is -2.97. The zero-order chi connectivity index (χ0) is 20.3. The summed E-state index contributed by atoms with van der Waals surface area (Å²) >= 11 is 0. The van der Waals surface area contributed by atoms with Gasteiger partial charge in [-0.15, -0.1) is 0 Å². The van der Waals surface area contributed by atoms with E-state index in [2.05, 4.69) is 9.97 Å². The van der Waals surface area contributed by atoms with Crippen LogP contribution in [-0.4, -0.2) is 48.4 Å². The minimum Gasteiger partial charge on any atom is -0.493 e. The number of aliphatic carboxylic acids is 1. The number of ether oxygens (including phenoxy) is 2. The molecule has 0 saturated carbocycles. The van der Waals surface area contributed by atoms with Crippen molar-refractivity contribution >= 4 is 11.9 Å². The number of aromatic nitrogens is 2. The fourth-order valence-electron chi connectivity index (χ4n) is 3.21. The summed E-state index contributed by atoms with van der Waals surface area (Å²) in [7, 11) is 2.99. The highest BCUT2D eigenvalue weighted by Crippen LogP contribution is 2.33. The minimum absolute atomic E-state index is 0.105. The van der Waals surface area contributed by atoms with Gasteiger partial charge in [0.2, 0.25) is 5.95 Å². The maximum absolute atomic E-state index is 13.4. The van der Waals surface area contributed by atoms with Crippen molar-refractivity contribution in [1.82, 2.24) is 9.97 Å². The zero-order valence-corrected chi connectivity index (χ0v) is 15.6. The summed E-state index contributed by atoms with van der Waals surface area (Å²) in [5, 5.41) is 9.27. The lowest BCUT2D eigenvalue weighted by Gasteiger charge is -2.31. The molecule has 7 nitrogen and oxygen atoms in total. The Morgan fingerprint density at radius 2 is 1.96 bits per heavy atom. The number of rotatable bonds is 6. The van der Waals surface area contributed by atoms with E-state index in [1.807, 2.05) is 0 Å². The lowest BCUT2D eigenvalue weighted by atomic mass is 9.99. The fourth-order valence-corrected chi connectivity index (χ4v) is 3.21. The van der Waals surface area contributed by atoms with Gasteiger partial charge in [0.05, 0.1) is 25.8 Å². The maximum Gasteiger partial charge on any atom is 0.308 e. The van der Waals surface area contributed by atoms with Crippen LogP contribution in [0.3, 0.4) is 0 Å². The van der Waals surface area contributed by atoms with Crippen LogP contribution < -0.4 is 14.4 Å². The third-order valence-electron chi connectivity index (χ3n) is 4.69. The van der Waals surface area contributed by atoms with Crippen LogP contribution in [0.2, 0.25) is 0 Å². The van der Waals surface area contributed by atoms with Gasteiger partial charge < -0.3 is 19.5 Å². The molecule has 0 spiro atoms. The summed E-state index contributed by atoms with van der Waals surface area (Å²) in [4.78, 5) is 21.4. The van der Waals surface area contributed by atoms with Crippen molar-refractivity contribution in [3.63, 3.8) is 0 Å². The van der Waals surface area contributed by atoms with Gasteiger partial charge in [0.25, 0.3) is 6.43 Å². The van der Waals surface area contributed by atoms with Gasteiger partial charge >= 0.3 is 5.97 Å². The number of nitrogens with zero attached hydrogens (tertiary/aromatic N) is 3. The molecule has 1 aromatic carbocycles. The van der Waals surface area contributed by atoms with Gasteiger partial charge in [0, 0.05) is 18.7 Å². The summed E-state index contributed by atoms with van der Waals surface area (Å²) in [5.74, 6) is -0.418. The standard InChI is InChI=1S/C19H21F2N3O4/c1-27-15-6-5-11(8-16(15)28-2)13-9-14(17(20)21)23-19(22-13)24-7-3-4-12(10-24)18(25)26/h5-6,8-9,12,17H,3-4,7,10H2,1-2H3,(H,25,26). The van der Waals surface area contributed by atoms with Crippen LogP contribution in [0.4, 0.5) is 14.7 Å². The van der Waals surface area contributed by atoms with E-state index < -0.39 is 24.0 Å². The number of carbonyl (C=O) groups is 1. The molecule has 150 valence electrons. The molecular weight excluding hydrogens is 372 g/mol. The van der Waals surface area contributed by atoms with Gasteiger partial charge in [0.1, 0.15) is 5.69 Å². The smallest absolute Gasteiger partial charge is 0.308 e. The number of methoxy groups -OCH3 is 2. The minimum atomic E-state index is -2.78. The first-order valence-corrected chi connectivity index (χ1v) is 8.80. The normalized spacial score (nSPS) is 16.9. The molecule has 2 aromatic rings. The molecule has 0 aliphatic carbocycles. The van der Waals surface area contributed by atoms with Crippen molar-refractivity contribution in [2.45, 2.75) is 19.3 Å². The number of carboxylic acids is 1. The van der Waals surface area contributed by atoms with E-state index in [-0.39, 0.29) is 12.5 Å². The predicted molar refractivity (Wildman–Crippen MR) is 98.1 cm³/mol. The monoisotopic (exact) mass is 393 g/mol. The molecule has 9 heteroatoms. The molecule has 2 heterocycles. The second-order valence-electron chi connectivity index (χ2n) is 6.47. The summed E-state index contributed by atoms with van der Waals surface area (Å²) in [6.45, 7) is 0.704. The molecule has 1 saturated heterocycles. The van der Waals surface area contributed by atoms with E-state index >= 15 is 0 Å². The van der Waals surface area contributed by atoms with Gasteiger partial charge in [0.15, 0.2) is 11.5 Å². The molecular formula is C19H21F2N3O4. The number of piperidine rings is 1.